The van der Waals surface area contributed by atoms with Crippen LogP contribution in [0.25, 0.3) is 0 Å². The standard InChI is InChI=1S/C23H29ClO4/c1-13(10-11-23(5)14(2)7-9-19(26)16(23)4)6-8-17-21(27)18(12-25)15(3)20(24)22(17)28/h6,10-12,14,16,27-28H,7-9H2,1-5H3/t14-,16+,23+/m0/s1. The molecule has 0 aromatic heterocycles. The number of carbonyl (C=O) groups excluding carboxylic acids is 2. The Kier molecular flexibility index (Phi) is 6.76. The number of aldehydes is 1. The summed E-state index contributed by atoms with van der Waals surface area (Å²) in [5.74, 6) is 0.233. The van der Waals surface area contributed by atoms with Gasteiger partial charge >= 0.3 is 0 Å². The summed E-state index contributed by atoms with van der Waals surface area (Å²) in [5, 5.41) is 20.7. The van der Waals surface area contributed by atoms with E-state index < -0.39 is 0 Å². The van der Waals surface area contributed by atoms with E-state index in [2.05, 4.69) is 19.9 Å². The molecule has 2 N–H and O–H groups in total. The maximum Gasteiger partial charge on any atom is 0.154 e. The smallest absolute Gasteiger partial charge is 0.154 e. The largest absolute Gasteiger partial charge is 0.507 e. The SMILES string of the molecule is CC(C=C[C@@]1(C)[C@H](C)C(=O)CC[C@@H]1C)=CCc1c(O)c(Cl)c(C)c(C=O)c1O. The van der Waals surface area contributed by atoms with E-state index in [9.17, 15) is 19.8 Å². The van der Waals surface area contributed by atoms with Gasteiger partial charge in [0.15, 0.2) is 6.29 Å². The summed E-state index contributed by atoms with van der Waals surface area (Å²) in [7, 11) is 0. The van der Waals surface area contributed by atoms with Gasteiger partial charge in [-0.05, 0) is 43.6 Å². The van der Waals surface area contributed by atoms with Crippen LogP contribution < -0.4 is 0 Å². The van der Waals surface area contributed by atoms with Crippen LogP contribution in [-0.2, 0) is 11.2 Å². The van der Waals surface area contributed by atoms with E-state index in [0.717, 1.165) is 12.0 Å². The van der Waals surface area contributed by atoms with Crippen molar-refractivity contribution in [3.63, 3.8) is 0 Å². The van der Waals surface area contributed by atoms with Crippen LogP contribution in [0.2, 0.25) is 5.02 Å². The predicted octanol–water partition coefficient (Wildman–Crippen LogP) is 5.56. The molecule has 0 bridgehead atoms. The lowest BCUT2D eigenvalue weighted by molar-refractivity contribution is -0.129. The highest BCUT2D eigenvalue weighted by Gasteiger charge is 2.41. The number of halogens is 1. The van der Waals surface area contributed by atoms with Gasteiger partial charge in [-0.2, -0.15) is 0 Å². The fraction of sp³-hybridized carbons (Fsp3) is 0.478. The predicted molar refractivity (Wildman–Crippen MR) is 112 cm³/mol. The molecule has 0 aliphatic heterocycles. The molecule has 3 atom stereocenters. The molecule has 1 fully saturated rings. The first-order chi connectivity index (χ1) is 13.0. The summed E-state index contributed by atoms with van der Waals surface area (Å²) in [6.07, 6.45) is 8.25. The molecule has 28 heavy (non-hydrogen) atoms. The van der Waals surface area contributed by atoms with Crippen LogP contribution in [0.4, 0.5) is 0 Å². The number of aromatic hydroxyl groups is 2. The zero-order chi connectivity index (χ0) is 21.2. The highest BCUT2D eigenvalue weighted by atomic mass is 35.5. The molecule has 1 aromatic carbocycles. The van der Waals surface area contributed by atoms with Crippen molar-refractivity contribution in [2.24, 2.45) is 17.3 Å². The monoisotopic (exact) mass is 404 g/mol. The Balaban J connectivity index is 2.28. The van der Waals surface area contributed by atoms with Crippen molar-refractivity contribution in [3.8, 4) is 11.5 Å². The first-order valence-corrected chi connectivity index (χ1v) is 9.99. The lowest BCUT2D eigenvalue weighted by Gasteiger charge is -2.42. The molecule has 0 unspecified atom stereocenters. The Bertz CT molecular complexity index is 853. The van der Waals surface area contributed by atoms with Crippen molar-refractivity contribution in [3.05, 3.63) is 45.5 Å². The van der Waals surface area contributed by atoms with Crippen molar-refractivity contribution in [1.82, 2.24) is 0 Å². The number of hydrogen-bond acceptors (Lipinski definition) is 4. The lowest BCUT2D eigenvalue weighted by atomic mass is 9.61. The van der Waals surface area contributed by atoms with E-state index in [1.807, 2.05) is 26.0 Å². The molecule has 4 nitrogen and oxygen atoms in total. The number of benzene rings is 1. The van der Waals surface area contributed by atoms with Crippen molar-refractivity contribution < 1.29 is 19.8 Å². The minimum Gasteiger partial charge on any atom is -0.507 e. The number of carbonyl (C=O) groups is 2. The van der Waals surface area contributed by atoms with E-state index >= 15 is 0 Å². The van der Waals surface area contributed by atoms with Gasteiger partial charge in [-0.25, -0.2) is 0 Å². The van der Waals surface area contributed by atoms with E-state index in [4.69, 9.17) is 11.6 Å². The summed E-state index contributed by atoms with van der Waals surface area (Å²) < 4.78 is 0. The molecule has 1 aliphatic carbocycles. The van der Waals surface area contributed by atoms with Crippen LogP contribution in [0.1, 0.15) is 62.0 Å². The molecule has 0 spiro atoms. The summed E-state index contributed by atoms with van der Waals surface area (Å²) >= 11 is 6.09. The van der Waals surface area contributed by atoms with Gasteiger partial charge in [-0.1, -0.05) is 56.2 Å². The number of allylic oxidation sites excluding steroid dienone is 4. The fourth-order valence-electron chi connectivity index (χ4n) is 3.83. The van der Waals surface area contributed by atoms with E-state index in [0.29, 0.717) is 30.0 Å². The topological polar surface area (TPSA) is 74.6 Å². The van der Waals surface area contributed by atoms with E-state index in [1.54, 1.807) is 6.92 Å². The molecule has 1 aromatic rings. The molecule has 5 heteroatoms. The molecule has 0 radical (unpaired) electrons. The number of rotatable bonds is 5. The van der Waals surface area contributed by atoms with Gasteiger partial charge in [-0.15, -0.1) is 0 Å². The van der Waals surface area contributed by atoms with Gasteiger partial charge < -0.3 is 10.2 Å². The van der Waals surface area contributed by atoms with Gasteiger partial charge in [-0.3, -0.25) is 9.59 Å². The maximum atomic E-state index is 12.2. The maximum absolute atomic E-state index is 12.2. The van der Waals surface area contributed by atoms with Crippen LogP contribution in [0.5, 0.6) is 11.5 Å². The first-order valence-electron chi connectivity index (χ1n) is 9.61. The number of Topliss-reactive ketones (excluding diaryl/α,β-unsaturated/α-hetero) is 1. The van der Waals surface area contributed by atoms with Gasteiger partial charge in [0.1, 0.15) is 17.3 Å². The second-order valence-corrected chi connectivity index (χ2v) is 8.50. The van der Waals surface area contributed by atoms with Crippen molar-refractivity contribution in [2.75, 3.05) is 0 Å². The second kappa shape index (κ2) is 8.52. The molecule has 1 saturated carbocycles. The quantitative estimate of drug-likeness (QED) is 0.497. The molecule has 0 amide bonds. The molecular formula is C23H29ClO4. The van der Waals surface area contributed by atoms with Crippen LogP contribution >= 0.6 is 11.6 Å². The van der Waals surface area contributed by atoms with Gasteiger partial charge in [0.05, 0.1) is 10.6 Å². The third kappa shape index (κ3) is 4.02. The van der Waals surface area contributed by atoms with Crippen molar-refractivity contribution >= 4 is 23.7 Å². The first kappa shape index (κ1) is 22.2. The minimum atomic E-state index is -0.241. The zero-order valence-corrected chi connectivity index (χ0v) is 17.9. The summed E-state index contributed by atoms with van der Waals surface area (Å²) in [4.78, 5) is 23.4. The summed E-state index contributed by atoms with van der Waals surface area (Å²) in [6.45, 7) is 9.79. The van der Waals surface area contributed by atoms with E-state index in [-0.39, 0.29) is 45.4 Å². The normalized spacial score (nSPS) is 26.1. The van der Waals surface area contributed by atoms with E-state index in [1.165, 1.54) is 0 Å². The summed E-state index contributed by atoms with van der Waals surface area (Å²) in [5.41, 5.74) is 1.41. The third-order valence-corrected chi connectivity index (χ3v) is 6.98. The van der Waals surface area contributed by atoms with Crippen LogP contribution in [0, 0.1) is 24.2 Å². The molecule has 0 heterocycles. The average Bonchev–Trinajstić information content (AvgIpc) is 2.66. The number of phenolic OH excluding ortho intramolecular Hbond substituents is 2. The highest BCUT2D eigenvalue weighted by molar-refractivity contribution is 6.33. The Morgan fingerprint density at radius 2 is 1.93 bits per heavy atom. The number of phenols is 2. The third-order valence-electron chi connectivity index (χ3n) is 6.52. The minimum absolute atomic E-state index is 0.0283. The molecule has 152 valence electrons. The average molecular weight is 405 g/mol. The van der Waals surface area contributed by atoms with Gasteiger partial charge in [0.2, 0.25) is 0 Å². The number of hydrogen-bond donors (Lipinski definition) is 2. The van der Waals surface area contributed by atoms with Crippen molar-refractivity contribution in [2.45, 2.75) is 53.9 Å². The molecule has 0 saturated heterocycles. The molecule has 2 rings (SSSR count). The second-order valence-electron chi connectivity index (χ2n) is 8.13. The van der Waals surface area contributed by atoms with Crippen LogP contribution in [0.3, 0.4) is 0 Å². The summed E-state index contributed by atoms with van der Waals surface area (Å²) in [6, 6.07) is 0. The van der Waals surface area contributed by atoms with Gasteiger partial charge in [0.25, 0.3) is 0 Å². The Hall–Kier alpha value is -2.07. The zero-order valence-electron chi connectivity index (χ0n) is 17.2. The fourth-order valence-corrected chi connectivity index (χ4v) is 4.04. The Morgan fingerprint density at radius 1 is 1.29 bits per heavy atom. The lowest BCUT2D eigenvalue weighted by Crippen LogP contribution is -2.40. The Morgan fingerprint density at radius 3 is 2.54 bits per heavy atom. The highest BCUT2D eigenvalue weighted by Crippen LogP contribution is 2.45. The Labute approximate surface area is 171 Å². The van der Waals surface area contributed by atoms with Crippen LogP contribution in [-0.4, -0.2) is 22.3 Å². The van der Waals surface area contributed by atoms with Crippen LogP contribution in [0.15, 0.2) is 23.8 Å². The van der Waals surface area contributed by atoms with Gasteiger partial charge in [0, 0.05) is 17.9 Å². The van der Waals surface area contributed by atoms with Crippen molar-refractivity contribution in [1.29, 1.82) is 0 Å². The molecular weight excluding hydrogens is 376 g/mol. The molecule has 1 aliphatic rings. The number of ketones is 1.